The van der Waals surface area contributed by atoms with Gasteiger partial charge in [-0.15, -0.1) is 0 Å². The maximum atomic E-state index is 12.1. The maximum absolute atomic E-state index is 12.1. The lowest BCUT2D eigenvalue weighted by Gasteiger charge is -2.34. The molecule has 0 aromatic carbocycles. The summed E-state index contributed by atoms with van der Waals surface area (Å²) in [5, 5.41) is 6.40. The Labute approximate surface area is 98.8 Å². The van der Waals surface area contributed by atoms with Gasteiger partial charge in [-0.25, -0.2) is 0 Å². The number of nitrogens with one attached hydrogen (secondary N) is 2. The Morgan fingerprint density at radius 2 is 2.25 bits per heavy atom. The molecule has 16 heavy (non-hydrogen) atoms. The average molecular weight is 227 g/mol. The van der Waals surface area contributed by atoms with Crippen molar-refractivity contribution in [2.75, 3.05) is 33.7 Å². The van der Waals surface area contributed by atoms with Crippen LogP contribution in [0.4, 0.5) is 0 Å². The molecule has 4 nitrogen and oxygen atoms in total. The molecular weight excluding hydrogens is 202 g/mol. The van der Waals surface area contributed by atoms with Gasteiger partial charge in [0.25, 0.3) is 0 Å². The fourth-order valence-corrected chi connectivity index (χ4v) is 2.24. The number of nitrogens with zero attached hydrogens (tertiary/aromatic N) is 1. The molecule has 1 fully saturated rings. The molecule has 1 aliphatic heterocycles. The van der Waals surface area contributed by atoms with E-state index in [9.17, 15) is 4.79 Å². The Morgan fingerprint density at radius 1 is 1.56 bits per heavy atom. The number of amides is 1. The van der Waals surface area contributed by atoms with Gasteiger partial charge in [0.15, 0.2) is 0 Å². The van der Waals surface area contributed by atoms with E-state index in [2.05, 4.69) is 29.4 Å². The molecule has 0 aromatic heterocycles. The second-order valence-electron chi connectivity index (χ2n) is 5.48. The van der Waals surface area contributed by atoms with E-state index in [4.69, 9.17) is 0 Å². The van der Waals surface area contributed by atoms with E-state index in [0.29, 0.717) is 0 Å². The summed E-state index contributed by atoms with van der Waals surface area (Å²) in [5.41, 5.74) is -0.223. The van der Waals surface area contributed by atoms with Crippen molar-refractivity contribution in [3.8, 4) is 0 Å². The summed E-state index contributed by atoms with van der Waals surface area (Å²) in [6.45, 7) is 6.83. The van der Waals surface area contributed by atoms with E-state index in [1.54, 1.807) is 0 Å². The first-order valence-electron chi connectivity index (χ1n) is 6.10. The molecule has 1 aliphatic rings. The van der Waals surface area contributed by atoms with Crippen molar-refractivity contribution in [2.24, 2.45) is 5.41 Å². The Balaban J connectivity index is 2.44. The Kier molecular flexibility index (Phi) is 4.74. The van der Waals surface area contributed by atoms with E-state index in [1.165, 1.54) is 0 Å². The normalized spacial score (nSPS) is 27.8. The lowest BCUT2D eigenvalue weighted by molar-refractivity contribution is -0.131. The third-order valence-corrected chi connectivity index (χ3v) is 3.16. The predicted octanol–water partition coefficient (Wildman–Crippen LogP) is 0.442. The number of carbonyl (C=O) groups is 1. The zero-order valence-corrected chi connectivity index (χ0v) is 11.0. The van der Waals surface area contributed by atoms with Gasteiger partial charge in [-0.1, -0.05) is 0 Å². The number of piperidine rings is 1. The minimum Gasteiger partial charge on any atom is -0.352 e. The molecule has 0 aromatic rings. The van der Waals surface area contributed by atoms with Crippen molar-refractivity contribution >= 4 is 5.91 Å². The van der Waals surface area contributed by atoms with Gasteiger partial charge in [0, 0.05) is 19.1 Å². The third-order valence-electron chi connectivity index (χ3n) is 3.16. The zero-order valence-electron chi connectivity index (χ0n) is 11.0. The minimum atomic E-state index is -0.223. The summed E-state index contributed by atoms with van der Waals surface area (Å²) in [7, 11) is 4.04. The number of hydrogen-bond acceptors (Lipinski definition) is 3. The van der Waals surface area contributed by atoms with Crippen molar-refractivity contribution in [1.29, 1.82) is 0 Å². The van der Waals surface area contributed by atoms with Crippen molar-refractivity contribution in [3.63, 3.8) is 0 Å². The predicted molar refractivity (Wildman–Crippen MR) is 66.4 cm³/mol. The first kappa shape index (κ1) is 13.5. The van der Waals surface area contributed by atoms with Crippen LogP contribution in [0.15, 0.2) is 0 Å². The molecule has 2 atom stereocenters. The van der Waals surface area contributed by atoms with Gasteiger partial charge in [-0.3, -0.25) is 4.79 Å². The molecule has 2 N–H and O–H groups in total. The van der Waals surface area contributed by atoms with Crippen molar-refractivity contribution in [1.82, 2.24) is 15.5 Å². The standard InChI is InChI=1S/C12H25N3O/c1-10(8-15(3)4)14-11(16)12(2)6-5-7-13-9-12/h10,13H,5-9H2,1-4H3,(H,14,16). The van der Waals surface area contributed by atoms with Crippen LogP contribution in [0.5, 0.6) is 0 Å². The van der Waals surface area contributed by atoms with Gasteiger partial charge < -0.3 is 15.5 Å². The van der Waals surface area contributed by atoms with Crippen LogP contribution >= 0.6 is 0 Å². The Bertz CT molecular complexity index is 234. The molecule has 1 amide bonds. The highest BCUT2D eigenvalue weighted by Crippen LogP contribution is 2.25. The molecule has 1 rings (SSSR count). The number of hydrogen-bond donors (Lipinski definition) is 2. The fourth-order valence-electron chi connectivity index (χ4n) is 2.24. The van der Waals surface area contributed by atoms with Gasteiger partial charge in [-0.2, -0.15) is 0 Å². The van der Waals surface area contributed by atoms with Crippen LogP contribution in [0.3, 0.4) is 0 Å². The second-order valence-corrected chi connectivity index (χ2v) is 5.48. The molecule has 4 heteroatoms. The van der Waals surface area contributed by atoms with Crippen LogP contribution in [0.2, 0.25) is 0 Å². The number of carbonyl (C=O) groups excluding carboxylic acids is 1. The average Bonchev–Trinajstić information content (AvgIpc) is 2.17. The second kappa shape index (κ2) is 5.64. The van der Waals surface area contributed by atoms with Crippen molar-refractivity contribution in [3.05, 3.63) is 0 Å². The first-order valence-corrected chi connectivity index (χ1v) is 6.10. The Hall–Kier alpha value is -0.610. The van der Waals surface area contributed by atoms with Crippen molar-refractivity contribution in [2.45, 2.75) is 32.7 Å². The quantitative estimate of drug-likeness (QED) is 0.732. The smallest absolute Gasteiger partial charge is 0.227 e. The molecule has 0 aliphatic carbocycles. The lowest BCUT2D eigenvalue weighted by atomic mass is 9.82. The molecule has 2 unspecified atom stereocenters. The highest BCUT2D eigenvalue weighted by atomic mass is 16.2. The lowest BCUT2D eigenvalue weighted by Crippen LogP contribution is -2.52. The van der Waals surface area contributed by atoms with Gasteiger partial charge >= 0.3 is 0 Å². The zero-order chi connectivity index (χ0) is 12.2. The molecule has 0 bridgehead atoms. The van der Waals surface area contributed by atoms with E-state index >= 15 is 0 Å². The highest BCUT2D eigenvalue weighted by Gasteiger charge is 2.34. The molecule has 1 saturated heterocycles. The molecule has 0 spiro atoms. The van der Waals surface area contributed by atoms with Crippen LogP contribution in [0.25, 0.3) is 0 Å². The summed E-state index contributed by atoms with van der Waals surface area (Å²) in [5.74, 6) is 0.189. The van der Waals surface area contributed by atoms with E-state index in [0.717, 1.165) is 32.5 Å². The maximum Gasteiger partial charge on any atom is 0.227 e. The van der Waals surface area contributed by atoms with E-state index < -0.39 is 0 Å². The first-order chi connectivity index (χ1) is 7.44. The SMILES string of the molecule is CC(CN(C)C)NC(=O)C1(C)CCCNC1. The van der Waals surface area contributed by atoms with Crippen LogP contribution in [-0.4, -0.2) is 50.6 Å². The van der Waals surface area contributed by atoms with E-state index in [-0.39, 0.29) is 17.4 Å². The summed E-state index contributed by atoms with van der Waals surface area (Å²) in [6, 6.07) is 0.209. The summed E-state index contributed by atoms with van der Waals surface area (Å²) in [4.78, 5) is 14.2. The molecule has 0 saturated carbocycles. The molecule has 0 radical (unpaired) electrons. The number of rotatable bonds is 4. The van der Waals surface area contributed by atoms with Gasteiger partial charge in [0.1, 0.15) is 0 Å². The largest absolute Gasteiger partial charge is 0.352 e. The Morgan fingerprint density at radius 3 is 2.75 bits per heavy atom. The summed E-state index contributed by atoms with van der Waals surface area (Å²) >= 11 is 0. The van der Waals surface area contributed by atoms with Crippen molar-refractivity contribution < 1.29 is 4.79 Å². The monoisotopic (exact) mass is 227 g/mol. The topological polar surface area (TPSA) is 44.4 Å². The van der Waals surface area contributed by atoms with Crippen LogP contribution in [0.1, 0.15) is 26.7 Å². The number of likely N-dealkylation sites (N-methyl/N-ethyl adjacent to an activating group) is 1. The van der Waals surface area contributed by atoms with Crippen LogP contribution in [0, 0.1) is 5.41 Å². The highest BCUT2D eigenvalue weighted by molar-refractivity contribution is 5.82. The third kappa shape index (κ3) is 3.76. The minimum absolute atomic E-state index is 0.189. The fraction of sp³-hybridized carbons (Fsp3) is 0.917. The van der Waals surface area contributed by atoms with Gasteiger partial charge in [0.2, 0.25) is 5.91 Å². The van der Waals surface area contributed by atoms with Gasteiger partial charge in [-0.05, 0) is 47.3 Å². The molecule has 1 heterocycles. The molecular formula is C12H25N3O. The van der Waals surface area contributed by atoms with Gasteiger partial charge in [0.05, 0.1) is 5.41 Å². The van der Waals surface area contributed by atoms with E-state index in [1.807, 2.05) is 14.1 Å². The van der Waals surface area contributed by atoms with Crippen LogP contribution < -0.4 is 10.6 Å². The van der Waals surface area contributed by atoms with Crippen LogP contribution in [-0.2, 0) is 4.79 Å². The molecule has 94 valence electrons. The summed E-state index contributed by atoms with van der Waals surface area (Å²) < 4.78 is 0. The summed E-state index contributed by atoms with van der Waals surface area (Å²) in [6.07, 6.45) is 2.08.